The SMILES string of the molecule is CN/C(=C\C=N)CC(=O)NC[C@H]1C[C@@H](c2c(-c3ccc(F)cc3)[nH]c3c(F)cc(F)cc32)C1. The molecule has 0 atom stereocenters. The van der Waals surface area contributed by atoms with Crippen LogP contribution < -0.4 is 10.6 Å². The molecule has 0 bridgehead atoms. The Bertz CT molecular complexity index is 1210. The molecule has 0 radical (unpaired) electrons. The number of amides is 1. The summed E-state index contributed by atoms with van der Waals surface area (Å²) < 4.78 is 41.9. The molecule has 0 unspecified atom stereocenters. The van der Waals surface area contributed by atoms with E-state index in [1.807, 2.05) is 0 Å². The van der Waals surface area contributed by atoms with Gasteiger partial charge in [0, 0.05) is 37.0 Å². The van der Waals surface area contributed by atoms with Crippen molar-refractivity contribution in [1.82, 2.24) is 15.6 Å². The molecule has 0 aliphatic heterocycles. The zero-order valence-electron chi connectivity index (χ0n) is 18.1. The lowest BCUT2D eigenvalue weighted by Gasteiger charge is -2.36. The zero-order chi connectivity index (χ0) is 23.5. The van der Waals surface area contributed by atoms with Crippen molar-refractivity contribution in [3.05, 3.63) is 71.2 Å². The fraction of sp³-hybridized carbons (Fsp3) is 0.280. The first-order chi connectivity index (χ1) is 15.9. The first-order valence-corrected chi connectivity index (χ1v) is 10.8. The molecule has 0 spiro atoms. The Labute approximate surface area is 189 Å². The average molecular weight is 454 g/mol. The smallest absolute Gasteiger partial charge is 0.225 e. The molecule has 1 aliphatic rings. The Hall–Kier alpha value is -3.55. The molecule has 1 aliphatic carbocycles. The van der Waals surface area contributed by atoms with Gasteiger partial charge in [-0.25, -0.2) is 13.2 Å². The van der Waals surface area contributed by atoms with Gasteiger partial charge in [0.1, 0.15) is 17.5 Å². The quantitative estimate of drug-likeness (QED) is 0.361. The number of hydrogen-bond donors (Lipinski definition) is 4. The number of hydrogen-bond acceptors (Lipinski definition) is 3. The highest BCUT2D eigenvalue weighted by atomic mass is 19.1. The van der Waals surface area contributed by atoms with Crippen molar-refractivity contribution in [2.45, 2.75) is 25.2 Å². The van der Waals surface area contributed by atoms with E-state index in [-0.39, 0.29) is 35.5 Å². The Balaban J connectivity index is 1.51. The summed E-state index contributed by atoms with van der Waals surface area (Å²) in [4.78, 5) is 15.3. The lowest BCUT2D eigenvalue weighted by Crippen LogP contribution is -2.36. The van der Waals surface area contributed by atoms with Gasteiger partial charge >= 0.3 is 0 Å². The van der Waals surface area contributed by atoms with Crippen molar-refractivity contribution in [2.75, 3.05) is 13.6 Å². The topological polar surface area (TPSA) is 80.8 Å². The van der Waals surface area contributed by atoms with E-state index >= 15 is 0 Å². The fourth-order valence-corrected chi connectivity index (χ4v) is 4.47. The van der Waals surface area contributed by atoms with Crippen LogP contribution in [0.2, 0.25) is 0 Å². The summed E-state index contributed by atoms with van der Waals surface area (Å²) in [6.07, 6.45) is 4.34. The molecule has 4 rings (SSSR count). The van der Waals surface area contributed by atoms with E-state index in [4.69, 9.17) is 5.41 Å². The number of rotatable bonds is 8. The van der Waals surface area contributed by atoms with Gasteiger partial charge in [0.15, 0.2) is 0 Å². The highest BCUT2D eigenvalue weighted by Gasteiger charge is 2.34. The summed E-state index contributed by atoms with van der Waals surface area (Å²) >= 11 is 0. The van der Waals surface area contributed by atoms with Crippen molar-refractivity contribution in [2.24, 2.45) is 5.92 Å². The third-order valence-electron chi connectivity index (χ3n) is 6.19. The average Bonchev–Trinajstić information content (AvgIpc) is 3.12. The number of H-pyrrole nitrogens is 1. The first kappa shape index (κ1) is 22.6. The molecule has 0 saturated heterocycles. The van der Waals surface area contributed by atoms with Gasteiger partial charge in [-0.05, 0) is 72.2 Å². The first-order valence-electron chi connectivity index (χ1n) is 10.8. The second kappa shape index (κ2) is 9.52. The largest absolute Gasteiger partial charge is 0.391 e. The highest BCUT2D eigenvalue weighted by molar-refractivity contribution is 5.92. The fourth-order valence-electron chi connectivity index (χ4n) is 4.47. The van der Waals surface area contributed by atoms with Gasteiger partial charge in [-0.2, -0.15) is 0 Å². The van der Waals surface area contributed by atoms with Gasteiger partial charge in [0.05, 0.1) is 17.6 Å². The van der Waals surface area contributed by atoms with Gasteiger partial charge < -0.3 is 21.0 Å². The Morgan fingerprint density at radius 2 is 1.88 bits per heavy atom. The number of halogens is 3. The predicted octanol–water partition coefficient (Wildman–Crippen LogP) is 5.00. The maximum Gasteiger partial charge on any atom is 0.225 e. The monoisotopic (exact) mass is 454 g/mol. The molecule has 4 N–H and O–H groups in total. The Morgan fingerprint density at radius 3 is 2.55 bits per heavy atom. The second-order valence-electron chi connectivity index (χ2n) is 8.35. The molecule has 1 saturated carbocycles. The van der Waals surface area contributed by atoms with E-state index < -0.39 is 11.6 Å². The van der Waals surface area contributed by atoms with Gasteiger partial charge in [0.2, 0.25) is 5.91 Å². The van der Waals surface area contributed by atoms with Crippen LogP contribution in [-0.4, -0.2) is 30.7 Å². The zero-order valence-corrected chi connectivity index (χ0v) is 18.1. The van der Waals surface area contributed by atoms with Crippen molar-refractivity contribution in [3.8, 4) is 11.3 Å². The lowest BCUT2D eigenvalue weighted by atomic mass is 9.70. The van der Waals surface area contributed by atoms with Crippen LogP contribution in [0.4, 0.5) is 13.2 Å². The van der Waals surface area contributed by atoms with Crippen LogP contribution in [0, 0.1) is 28.8 Å². The van der Waals surface area contributed by atoms with Crippen LogP contribution in [-0.2, 0) is 4.79 Å². The summed E-state index contributed by atoms with van der Waals surface area (Å²) in [5, 5.41) is 13.4. The standard InChI is InChI=1S/C25H25F3N4O/c1-30-19(6-7-29)12-22(33)31-13-14-8-16(9-14)23-20-10-18(27)11-21(28)25(20)32-24(23)15-2-4-17(26)5-3-15/h2-7,10-11,14,16,29-30,32H,8-9,12-13H2,1H3,(H,31,33)/b19-6-,29-7?/t14-,16+. The molecule has 172 valence electrons. The van der Waals surface area contributed by atoms with Gasteiger partial charge in [-0.3, -0.25) is 4.79 Å². The molecule has 33 heavy (non-hydrogen) atoms. The van der Waals surface area contributed by atoms with Gasteiger partial charge in [-0.15, -0.1) is 0 Å². The van der Waals surface area contributed by atoms with Crippen LogP contribution in [0.5, 0.6) is 0 Å². The maximum absolute atomic E-state index is 14.5. The Morgan fingerprint density at radius 1 is 1.15 bits per heavy atom. The number of allylic oxidation sites excluding steroid dienone is 1. The summed E-state index contributed by atoms with van der Waals surface area (Å²) in [6, 6.07) is 8.11. The van der Waals surface area contributed by atoms with Crippen LogP contribution in [0.1, 0.15) is 30.7 Å². The second-order valence-corrected chi connectivity index (χ2v) is 8.35. The molecule has 5 nitrogen and oxygen atoms in total. The molecule has 2 aromatic carbocycles. The van der Waals surface area contributed by atoms with E-state index in [0.29, 0.717) is 28.9 Å². The van der Waals surface area contributed by atoms with Crippen LogP contribution in [0.3, 0.4) is 0 Å². The van der Waals surface area contributed by atoms with Crippen molar-refractivity contribution >= 4 is 23.0 Å². The Kier molecular flexibility index (Phi) is 6.53. The summed E-state index contributed by atoms with van der Waals surface area (Å²) in [7, 11) is 1.70. The van der Waals surface area contributed by atoms with E-state index in [2.05, 4.69) is 15.6 Å². The molecule has 1 amide bonds. The van der Waals surface area contributed by atoms with Gasteiger partial charge in [-0.1, -0.05) is 0 Å². The molecule has 1 fully saturated rings. The van der Waals surface area contributed by atoms with E-state index in [9.17, 15) is 18.0 Å². The van der Waals surface area contributed by atoms with E-state index in [1.54, 1.807) is 19.2 Å². The maximum atomic E-state index is 14.5. The number of fused-ring (bicyclic) bond motifs is 1. The van der Waals surface area contributed by atoms with Crippen molar-refractivity contribution in [1.29, 1.82) is 5.41 Å². The molecule has 1 heterocycles. The summed E-state index contributed by atoms with van der Waals surface area (Å²) in [6.45, 7) is 0.508. The third kappa shape index (κ3) is 4.79. The molecular formula is C25H25F3N4O. The number of nitrogens with one attached hydrogen (secondary N) is 4. The molecule has 1 aromatic heterocycles. The van der Waals surface area contributed by atoms with E-state index in [0.717, 1.165) is 30.7 Å². The van der Waals surface area contributed by atoms with Crippen LogP contribution >= 0.6 is 0 Å². The number of benzene rings is 2. The van der Waals surface area contributed by atoms with Gasteiger partial charge in [0.25, 0.3) is 0 Å². The van der Waals surface area contributed by atoms with Crippen LogP contribution in [0.15, 0.2) is 48.2 Å². The van der Waals surface area contributed by atoms with Crippen molar-refractivity contribution in [3.63, 3.8) is 0 Å². The molecular weight excluding hydrogens is 429 g/mol. The third-order valence-corrected chi connectivity index (χ3v) is 6.19. The summed E-state index contributed by atoms with van der Waals surface area (Å²) in [5.74, 6) is -1.51. The number of aromatic amines is 1. The van der Waals surface area contributed by atoms with Crippen LogP contribution in [0.25, 0.3) is 22.2 Å². The number of aromatic nitrogens is 1. The molecule has 8 heteroatoms. The number of carbonyl (C=O) groups is 1. The number of carbonyl (C=O) groups excluding carboxylic acids is 1. The molecule has 3 aromatic rings. The minimum Gasteiger partial charge on any atom is -0.391 e. The summed E-state index contributed by atoms with van der Waals surface area (Å²) in [5.41, 5.74) is 3.08. The predicted molar refractivity (Wildman–Crippen MR) is 123 cm³/mol. The minimum atomic E-state index is -0.666. The minimum absolute atomic E-state index is 0.0626. The van der Waals surface area contributed by atoms with E-state index in [1.165, 1.54) is 24.3 Å². The lowest BCUT2D eigenvalue weighted by molar-refractivity contribution is -0.120. The highest BCUT2D eigenvalue weighted by Crippen LogP contribution is 2.48. The normalized spacial score (nSPS) is 18.1. The van der Waals surface area contributed by atoms with Crippen molar-refractivity contribution < 1.29 is 18.0 Å².